The van der Waals surface area contributed by atoms with Gasteiger partial charge in [0.25, 0.3) is 0 Å². The van der Waals surface area contributed by atoms with E-state index in [1.165, 1.54) is 0 Å². The average molecular weight is 334 g/mol. The first kappa shape index (κ1) is 13.1. The van der Waals surface area contributed by atoms with Gasteiger partial charge >= 0.3 is 5.97 Å². The topological polar surface area (TPSA) is 59.3 Å². The van der Waals surface area contributed by atoms with E-state index in [2.05, 4.69) is 15.9 Å². The second kappa shape index (κ2) is 4.90. The van der Waals surface area contributed by atoms with Crippen molar-refractivity contribution in [1.29, 1.82) is 0 Å². The predicted molar refractivity (Wildman–Crippen MR) is 77.0 cm³/mol. The molecule has 102 valence electrons. The molecule has 1 aromatic carbocycles. The summed E-state index contributed by atoms with van der Waals surface area (Å²) in [7, 11) is 0. The Hall–Kier alpha value is -1.88. The van der Waals surface area contributed by atoms with Gasteiger partial charge in [0, 0.05) is 22.3 Å². The predicted octanol–water partition coefficient (Wildman–Crippen LogP) is 3.05. The number of benzene rings is 1. The van der Waals surface area contributed by atoms with Crippen LogP contribution < -0.4 is 0 Å². The van der Waals surface area contributed by atoms with E-state index in [0.717, 1.165) is 0 Å². The van der Waals surface area contributed by atoms with Crippen LogP contribution in [0.4, 0.5) is 0 Å². The van der Waals surface area contributed by atoms with Crippen LogP contribution in [0.15, 0.2) is 40.9 Å². The summed E-state index contributed by atoms with van der Waals surface area (Å²) in [5.74, 6) is -1.47. The lowest BCUT2D eigenvalue weighted by atomic mass is 10.1. The number of aliphatic carboxylic acids is 1. The molecule has 1 aromatic heterocycles. The first-order valence-corrected chi connectivity index (χ1v) is 7.10. The number of rotatable bonds is 3. The third-order valence-electron chi connectivity index (χ3n) is 3.63. The van der Waals surface area contributed by atoms with Gasteiger partial charge in [0.05, 0.1) is 11.6 Å². The van der Waals surface area contributed by atoms with Crippen LogP contribution in [0.25, 0.3) is 0 Å². The second-order valence-electron chi connectivity index (χ2n) is 4.79. The minimum atomic E-state index is -0.846. The summed E-state index contributed by atoms with van der Waals surface area (Å²) in [5, 5.41) is 9.23. The number of fused-ring (bicyclic) bond motifs is 1. The molecule has 0 bridgehead atoms. The summed E-state index contributed by atoms with van der Waals surface area (Å²) in [6.07, 6.45) is 0.527. The van der Waals surface area contributed by atoms with Crippen LogP contribution in [0.2, 0.25) is 0 Å². The van der Waals surface area contributed by atoms with E-state index in [1.807, 2.05) is 22.8 Å². The van der Waals surface area contributed by atoms with Gasteiger partial charge in [-0.05, 0) is 28.4 Å². The molecule has 2 heterocycles. The molecule has 1 unspecified atom stereocenters. The van der Waals surface area contributed by atoms with Gasteiger partial charge in [-0.3, -0.25) is 9.59 Å². The van der Waals surface area contributed by atoms with Crippen molar-refractivity contribution in [2.75, 3.05) is 0 Å². The number of nitrogens with zero attached hydrogens (tertiary/aromatic N) is 1. The number of aromatic nitrogens is 1. The number of carbonyl (C=O) groups is 2. The zero-order valence-corrected chi connectivity index (χ0v) is 12.1. The molecule has 1 atom stereocenters. The Morgan fingerprint density at radius 1 is 1.25 bits per heavy atom. The molecule has 3 rings (SSSR count). The van der Waals surface area contributed by atoms with E-state index in [1.54, 1.807) is 18.2 Å². The molecule has 4 nitrogen and oxygen atoms in total. The number of hydrogen-bond donors (Lipinski definition) is 1. The van der Waals surface area contributed by atoms with Gasteiger partial charge in [-0.15, -0.1) is 0 Å². The molecule has 0 amide bonds. The van der Waals surface area contributed by atoms with Gasteiger partial charge < -0.3 is 9.67 Å². The Morgan fingerprint density at radius 3 is 2.60 bits per heavy atom. The summed E-state index contributed by atoms with van der Waals surface area (Å²) in [6, 6.07) is 10.7. The smallest absolute Gasteiger partial charge is 0.312 e. The van der Waals surface area contributed by atoms with Crippen LogP contribution in [0.5, 0.6) is 0 Å². The lowest BCUT2D eigenvalue weighted by molar-refractivity contribution is -0.138. The van der Waals surface area contributed by atoms with Crippen LogP contribution in [-0.2, 0) is 11.3 Å². The number of carbonyl (C=O) groups excluding carboxylic acids is 1. The Labute approximate surface area is 124 Å². The van der Waals surface area contributed by atoms with E-state index in [-0.39, 0.29) is 5.78 Å². The van der Waals surface area contributed by atoms with Crippen molar-refractivity contribution in [2.45, 2.75) is 18.9 Å². The average Bonchev–Trinajstić information content (AvgIpc) is 3.01. The summed E-state index contributed by atoms with van der Waals surface area (Å²) < 4.78 is 2.51. The van der Waals surface area contributed by atoms with E-state index >= 15 is 0 Å². The number of carboxylic acids is 1. The molecule has 1 aliphatic rings. The highest BCUT2D eigenvalue weighted by Gasteiger charge is 2.34. The van der Waals surface area contributed by atoms with E-state index in [4.69, 9.17) is 0 Å². The normalized spacial score (nSPS) is 16.9. The Balaban J connectivity index is 2.06. The Bertz CT molecular complexity index is 691. The SMILES string of the molecule is O=C(c1ccccc1)c1cc(Br)c2n1CCC2C(=O)O. The molecule has 0 saturated heterocycles. The number of carboxylic acid groups (broad SMARTS) is 1. The maximum atomic E-state index is 12.5. The first-order valence-electron chi connectivity index (χ1n) is 6.31. The van der Waals surface area contributed by atoms with E-state index < -0.39 is 11.9 Å². The fourth-order valence-corrected chi connectivity index (χ4v) is 3.39. The fourth-order valence-electron chi connectivity index (χ4n) is 2.69. The van der Waals surface area contributed by atoms with Gasteiger partial charge in [0.2, 0.25) is 5.78 Å². The van der Waals surface area contributed by atoms with Crippen molar-refractivity contribution < 1.29 is 14.7 Å². The third-order valence-corrected chi connectivity index (χ3v) is 4.26. The van der Waals surface area contributed by atoms with Crippen molar-refractivity contribution in [3.8, 4) is 0 Å². The molecule has 0 fully saturated rings. The monoisotopic (exact) mass is 333 g/mol. The van der Waals surface area contributed by atoms with Crippen LogP contribution in [0, 0.1) is 0 Å². The number of ketones is 1. The van der Waals surface area contributed by atoms with Gasteiger partial charge in [0.1, 0.15) is 0 Å². The molecule has 20 heavy (non-hydrogen) atoms. The number of hydrogen-bond acceptors (Lipinski definition) is 2. The van der Waals surface area contributed by atoms with Crippen molar-refractivity contribution in [3.05, 3.63) is 57.8 Å². The van der Waals surface area contributed by atoms with E-state index in [0.29, 0.717) is 34.4 Å². The van der Waals surface area contributed by atoms with Crippen molar-refractivity contribution >= 4 is 27.7 Å². The highest BCUT2D eigenvalue weighted by atomic mass is 79.9. The summed E-state index contributed by atoms with van der Waals surface area (Å²) in [6.45, 7) is 0.561. The maximum Gasteiger partial charge on any atom is 0.312 e. The molecule has 2 aromatic rings. The Morgan fingerprint density at radius 2 is 1.95 bits per heavy atom. The van der Waals surface area contributed by atoms with Gasteiger partial charge in [-0.25, -0.2) is 0 Å². The number of halogens is 1. The quantitative estimate of drug-likeness (QED) is 0.878. The first-order chi connectivity index (χ1) is 9.59. The standard InChI is InChI=1S/C15H12BrNO3/c16-11-8-12(14(18)9-4-2-1-3-5-9)17-7-6-10(13(11)17)15(19)20/h1-5,8,10H,6-7H2,(H,19,20). The van der Waals surface area contributed by atoms with Crippen LogP contribution in [0.1, 0.15) is 34.1 Å². The van der Waals surface area contributed by atoms with Crippen molar-refractivity contribution in [3.63, 3.8) is 0 Å². The molecule has 0 aliphatic carbocycles. The molecule has 1 aliphatic heterocycles. The molecule has 1 N–H and O–H groups in total. The zero-order chi connectivity index (χ0) is 14.3. The summed E-state index contributed by atoms with van der Waals surface area (Å²) >= 11 is 3.38. The summed E-state index contributed by atoms with van der Waals surface area (Å²) in [5.41, 5.74) is 1.85. The van der Waals surface area contributed by atoms with Crippen molar-refractivity contribution in [1.82, 2.24) is 4.57 Å². The largest absolute Gasteiger partial charge is 0.481 e. The van der Waals surface area contributed by atoms with Crippen LogP contribution in [-0.4, -0.2) is 21.4 Å². The second-order valence-corrected chi connectivity index (χ2v) is 5.64. The minimum Gasteiger partial charge on any atom is -0.481 e. The molecular formula is C15H12BrNO3. The minimum absolute atomic E-state index is 0.0800. The highest BCUT2D eigenvalue weighted by Crippen LogP contribution is 2.37. The lowest BCUT2D eigenvalue weighted by Gasteiger charge is -2.05. The van der Waals surface area contributed by atoms with Crippen LogP contribution >= 0.6 is 15.9 Å². The van der Waals surface area contributed by atoms with Gasteiger partial charge in [0.15, 0.2) is 0 Å². The maximum absolute atomic E-state index is 12.5. The van der Waals surface area contributed by atoms with Gasteiger partial charge in [-0.1, -0.05) is 30.3 Å². The van der Waals surface area contributed by atoms with Gasteiger partial charge in [-0.2, -0.15) is 0 Å². The summed E-state index contributed by atoms with van der Waals surface area (Å²) in [4.78, 5) is 23.8. The Kier molecular flexibility index (Phi) is 3.22. The highest BCUT2D eigenvalue weighted by molar-refractivity contribution is 9.10. The molecule has 0 saturated carbocycles. The molecule has 0 spiro atoms. The zero-order valence-electron chi connectivity index (χ0n) is 10.5. The lowest BCUT2D eigenvalue weighted by Crippen LogP contribution is -2.10. The fraction of sp³-hybridized carbons (Fsp3) is 0.200. The third kappa shape index (κ3) is 1.98. The molecule has 5 heteroatoms. The molecular weight excluding hydrogens is 322 g/mol. The van der Waals surface area contributed by atoms with Crippen molar-refractivity contribution in [2.24, 2.45) is 0 Å². The van der Waals surface area contributed by atoms with Crippen LogP contribution in [0.3, 0.4) is 0 Å². The van der Waals surface area contributed by atoms with E-state index in [9.17, 15) is 14.7 Å². The molecule has 0 radical (unpaired) electrons.